The lowest BCUT2D eigenvalue weighted by atomic mass is 10.0. The number of hydrogen-bond acceptors (Lipinski definition) is 4. The molecule has 3 rings (SSSR count). The molecule has 0 unspecified atom stereocenters. The summed E-state index contributed by atoms with van der Waals surface area (Å²) >= 11 is 0. The van der Waals surface area contributed by atoms with Crippen molar-refractivity contribution < 1.29 is 9.53 Å². The van der Waals surface area contributed by atoms with Crippen LogP contribution in [0.4, 0.5) is 0 Å². The molecule has 0 saturated heterocycles. The van der Waals surface area contributed by atoms with E-state index < -0.39 is 0 Å². The Morgan fingerprint density at radius 3 is 2.23 bits per heavy atom. The molecule has 6 heteroatoms. The molecule has 0 aliphatic heterocycles. The molecule has 4 N–H and O–H groups in total. The van der Waals surface area contributed by atoms with Crippen molar-refractivity contribution in [1.82, 2.24) is 9.97 Å². The molecule has 0 spiro atoms. The van der Waals surface area contributed by atoms with Crippen LogP contribution in [0, 0.1) is 5.41 Å². The highest BCUT2D eigenvalue weighted by Gasteiger charge is 2.07. The van der Waals surface area contributed by atoms with Crippen LogP contribution >= 0.6 is 0 Å². The molecular formula is C20H20N4O2. The van der Waals surface area contributed by atoms with Gasteiger partial charge >= 0.3 is 5.97 Å². The maximum Gasteiger partial charge on any atom is 0.305 e. The van der Waals surface area contributed by atoms with Gasteiger partial charge in [-0.3, -0.25) is 10.2 Å². The van der Waals surface area contributed by atoms with Crippen LogP contribution in [-0.4, -0.2) is 28.9 Å². The number of nitrogens with one attached hydrogen (secondary N) is 2. The molecule has 0 saturated carbocycles. The van der Waals surface area contributed by atoms with Gasteiger partial charge < -0.3 is 15.5 Å². The maximum atomic E-state index is 11.2. The number of esters is 1. The summed E-state index contributed by atoms with van der Waals surface area (Å²) < 4.78 is 4.64. The molecule has 0 aliphatic carbocycles. The summed E-state index contributed by atoms with van der Waals surface area (Å²) in [6.45, 7) is 0. The van der Waals surface area contributed by atoms with Crippen LogP contribution in [0.5, 0.6) is 0 Å². The van der Waals surface area contributed by atoms with Gasteiger partial charge in [-0.1, -0.05) is 48.5 Å². The van der Waals surface area contributed by atoms with Gasteiger partial charge in [-0.05, 0) is 16.7 Å². The molecule has 0 bridgehead atoms. The molecule has 26 heavy (non-hydrogen) atoms. The highest BCUT2D eigenvalue weighted by molar-refractivity contribution is 5.95. The Bertz CT molecular complexity index is 912. The minimum atomic E-state index is -0.247. The first-order valence-electron chi connectivity index (χ1n) is 8.23. The monoisotopic (exact) mass is 348 g/mol. The van der Waals surface area contributed by atoms with Crippen LogP contribution in [0.25, 0.3) is 22.4 Å². The van der Waals surface area contributed by atoms with Gasteiger partial charge in [-0.25, -0.2) is 4.98 Å². The molecule has 0 radical (unpaired) electrons. The lowest BCUT2D eigenvalue weighted by Gasteiger charge is -2.05. The molecule has 2 aromatic carbocycles. The van der Waals surface area contributed by atoms with Gasteiger partial charge in [-0.15, -0.1) is 0 Å². The van der Waals surface area contributed by atoms with Crippen molar-refractivity contribution in [2.24, 2.45) is 5.73 Å². The second-order valence-electron chi connectivity index (χ2n) is 5.89. The molecular weight excluding hydrogens is 328 g/mol. The minimum Gasteiger partial charge on any atom is -0.469 e. The Morgan fingerprint density at radius 1 is 1.08 bits per heavy atom. The van der Waals surface area contributed by atoms with Crippen LogP contribution in [-0.2, 0) is 16.0 Å². The highest BCUT2D eigenvalue weighted by Crippen LogP contribution is 2.24. The van der Waals surface area contributed by atoms with E-state index in [1.807, 2.05) is 48.5 Å². The number of ether oxygens (including phenoxy) is 1. The fourth-order valence-corrected chi connectivity index (χ4v) is 2.64. The number of H-pyrrole nitrogens is 1. The summed E-state index contributed by atoms with van der Waals surface area (Å²) in [7, 11) is 1.38. The van der Waals surface area contributed by atoms with Crippen molar-refractivity contribution in [3.05, 3.63) is 66.1 Å². The van der Waals surface area contributed by atoms with E-state index in [9.17, 15) is 4.79 Å². The number of amidine groups is 1. The molecule has 0 atom stereocenters. The molecule has 0 aliphatic rings. The average Bonchev–Trinajstić information content (AvgIpc) is 3.15. The number of carbonyl (C=O) groups is 1. The smallest absolute Gasteiger partial charge is 0.305 e. The Morgan fingerprint density at radius 2 is 1.65 bits per heavy atom. The Hall–Kier alpha value is -3.41. The first-order chi connectivity index (χ1) is 12.6. The van der Waals surface area contributed by atoms with Crippen LogP contribution < -0.4 is 5.73 Å². The first-order valence-corrected chi connectivity index (χ1v) is 8.23. The number of rotatable bonds is 6. The predicted octanol–water partition coefficient (Wildman–Crippen LogP) is 3.13. The molecule has 0 fully saturated rings. The number of hydrogen-bond donors (Lipinski definition) is 3. The molecule has 3 aromatic rings. The van der Waals surface area contributed by atoms with Crippen LogP contribution in [0.2, 0.25) is 0 Å². The number of imidazole rings is 1. The normalized spacial score (nSPS) is 10.5. The summed E-state index contributed by atoms with van der Waals surface area (Å²) in [5.74, 6) is 0.575. The number of aromatic nitrogens is 2. The Kier molecular flexibility index (Phi) is 5.12. The summed E-state index contributed by atoms with van der Waals surface area (Å²) in [4.78, 5) is 18.8. The minimum absolute atomic E-state index is 0.0640. The van der Waals surface area contributed by atoms with Crippen molar-refractivity contribution in [1.29, 1.82) is 5.41 Å². The van der Waals surface area contributed by atoms with Gasteiger partial charge in [0, 0.05) is 12.0 Å². The zero-order valence-electron chi connectivity index (χ0n) is 14.5. The largest absolute Gasteiger partial charge is 0.469 e. The SMILES string of the molecule is COC(=O)CCc1ncc(-c2ccc(-c3ccc(C(=N)N)cc3)cc2)[nH]1. The van der Waals surface area contributed by atoms with Gasteiger partial charge in [0.2, 0.25) is 0 Å². The summed E-state index contributed by atoms with van der Waals surface area (Å²) in [5.41, 5.74) is 10.3. The van der Waals surface area contributed by atoms with Gasteiger partial charge in [0.25, 0.3) is 0 Å². The third kappa shape index (κ3) is 3.97. The Balaban J connectivity index is 1.72. The standard InChI is InChI=1S/C20H20N4O2/c1-26-19(25)11-10-18-23-12-17(24-18)15-6-2-13(3-7-15)14-4-8-16(9-5-14)20(21)22/h2-9,12H,10-11H2,1H3,(H3,21,22)(H,23,24). The summed E-state index contributed by atoms with van der Waals surface area (Å²) in [6.07, 6.45) is 2.59. The number of nitrogen functional groups attached to an aromatic ring is 1. The van der Waals surface area contributed by atoms with E-state index in [0.29, 0.717) is 18.4 Å². The predicted molar refractivity (Wildman–Crippen MR) is 101 cm³/mol. The topological polar surface area (TPSA) is 105 Å². The second-order valence-corrected chi connectivity index (χ2v) is 5.89. The van der Waals surface area contributed by atoms with E-state index in [1.54, 1.807) is 6.20 Å². The highest BCUT2D eigenvalue weighted by atomic mass is 16.5. The van der Waals surface area contributed by atoms with Gasteiger partial charge in [0.05, 0.1) is 25.4 Å². The third-order valence-corrected chi connectivity index (χ3v) is 4.15. The van der Waals surface area contributed by atoms with E-state index in [2.05, 4.69) is 14.7 Å². The van der Waals surface area contributed by atoms with Crippen molar-refractivity contribution in [3.8, 4) is 22.4 Å². The number of nitrogens with zero attached hydrogens (tertiary/aromatic N) is 1. The summed E-state index contributed by atoms with van der Waals surface area (Å²) in [6, 6.07) is 15.7. The zero-order chi connectivity index (χ0) is 18.5. The van der Waals surface area contributed by atoms with E-state index in [-0.39, 0.29) is 11.8 Å². The van der Waals surface area contributed by atoms with Crippen molar-refractivity contribution in [2.45, 2.75) is 12.8 Å². The number of carbonyl (C=O) groups excluding carboxylic acids is 1. The van der Waals surface area contributed by atoms with Gasteiger partial charge in [0.1, 0.15) is 11.7 Å². The molecule has 132 valence electrons. The first kappa shape index (κ1) is 17.4. The number of nitrogens with two attached hydrogens (primary N) is 1. The van der Waals surface area contributed by atoms with Gasteiger partial charge in [0.15, 0.2) is 0 Å². The molecule has 6 nitrogen and oxygen atoms in total. The van der Waals surface area contributed by atoms with E-state index in [4.69, 9.17) is 11.1 Å². The molecule has 1 aromatic heterocycles. The van der Waals surface area contributed by atoms with Crippen molar-refractivity contribution >= 4 is 11.8 Å². The Labute approximate surface area is 151 Å². The number of methoxy groups -OCH3 is 1. The average molecular weight is 348 g/mol. The number of benzene rings is 2. The van der Waals surface area contributed by atoms with E-state index in [1.165, 1.54) is 7.11 Å². The molecule has 0 amide bonds. The maximum absolute atomic E-state index is 11.2. The van der Waals surface area contributed by atoms with Crippen molar-refractivity contribution in [2.75, 3.05) is 7.11 Å². The number of aryl methyl sites for hydroxylation is 1. The third-order valence-electron chi connectivity index (χ3n) is 4.15. The van der Waals surface area contributed by atoms with Gasteiger partial charge in [-0.2, -0.15) is 0 Å². The van der Waals surface area contributed by atoms with E-state index in [0.717, 1.165) is 28.2 Å². The second kappa shape index (κ2) is 7.65. The fourth-order valence-electron chi connectivity index (χ4n) is 2.64. The zero-order valence-corrected chi connectivity index (χ0v) is 14.5. The van der Waals surface area contributed by atoms with E-state index >= 15 is 0 Å². The molecule has 1 heterocycles. The number of aromatic amines is 1. The fraction of sp³-hybridized carbons (Fsp3) is 0.150. The van der Waals surface area contributed by atoms with Crippen LogP contribution in [0.1, 0.15) is 17.8 Å². The van der Waals surface area contributed by atoms with Crippen molar-refractivity contribution in [3.63, 3.8) is 0 Å². The quantitative estimate of drug-likeness (QED) is 0.361. The lowest BCUT2D eigenvalue weighted by molar-refractivity contribution is -0.140. The van der Waals surface area contributed by atoms with Crippen LogP contribution in [0.3, 0.4) is 0 Å². The lowest BCUT2D eigenvalue weighted by Crippen LogP contribution is -2.10. The van der Waals surface area contributed by atoms with Crippen LogP contribution in [0.15, 0.2) is 54.7 Å². The summed E-state index contributed by atoms with van der Waals surface area (Å²) in [5, 5.41) is 7.44.